The summed E-state index contributed by atoms with van der Waals surface area (Å²) in [5, 5.41) is 5.07. The van der Waals surface area contributed by atoms with Gasteiger partial charge < -0.3 is 9.47 Å². The van der Waals surface area contributed by atoms with Gasteiger partial charge in [0.1, 0.15) is 0 Å². The molecule has 100 valence electrons. The Labute approximate surface area is 108 Å². The summed E-state index contributed by atoms with van der Waals surface area (Å²) >= 11 is 0. The molecular formula is C11H11N3O5. The maximum absolute atomic E-state index is 11.7. The van der Waals surface area contributed by atoms with E-state index >= 15 is 0 Å². The second-order valence-corrected chi connectivity index (χ2v) is 3.39. The highest BCUT2D eigenvalue weighted by Gasteiger charge is 2.40. The molecule has 1 heterocycles. The molecule has 0 saturated carbocycles. The van der Waals surface area contributed by atoms with Gasteiger partial charge in [-0.15, -0.1) is 5.01 Å². The van der Waals surface area contributed by atoms with Crippen molar-refractivity contribution < 1.29 is 24.0 Å². The Kier molecular flexibility index (Phi) is 3.51. The molecule has 1 aliphatic rings. The van der Waals surface area contributed by atoms with Crippen molar-refractivity contribution in [2.24, 2.45) is 5.16 Å². The summed E-state index contributed by atoms with van der Waals surface area (Å²) in [5.74, 6) is 0.123. The standard InChI is InChI=1S/C11H11N3O5/c1-17-10(15)13-9(8-6-4-3-5-7-8)12-19-14(13)11(16)18-2/h3-7H,1-2H3. The van der Waals surface area contributed by atoms with Crippen LogP contribution in [0.15, 0.2) is 35.5 Å². The molecule has 1 aromatic carbocycles. The first-order valence-corrected chi connectivity index (χ1v) is 5.25. The van der Waals surface area contributed by atoms with Gasteiger partial charge in [0, 0.05) is 10.7 Å². The zero-order valence-electron chi connectivity index (χ0n) is 10.3. The van der Waals surface area contributed by atoms with Gasteiger partial charge in [-0.05, 0) is 5.16 Å². The molecule has 1 aliphatic heterocycles. The lowest BCUT2D eigenvalue weighted by Gasteiger charge is -2.21. The van der Waals surface area contributed by atoms with Crippen molar-refractivity contribution in [3.63, 3.8) is 0 Å². The predicted octanol–water partition coefficient (Wildman–Crippen LogP) is 1.35. The third-order valence-corrected chi connectivity index (χ3v) is 2.30. The van der Waals surface area contributed by atoms with Crippen LogP contribution in [0.3, 0.4) is 0 Å². The summed E-state index contributed by atoms with van der Waals surface area (Å²) < 4.78 is 9.07. The van der Waals surface area contributed by atoms with E-state index in [2.05, 4.69) is 14.6 Å². The van der Waals surface area contributed by atoms with Crippen LogP contribution in [-0.4, -0.2) is 42.4 Å². The SMILES string of the molecule is COC(=O)N1ON=C(c2ccccc2)N1C(=O)OC. The number of amides is 2. The van der Waals surface area contributed by atoms with Crippen molar-refractivity contribution in [1.29, 1.82) is 0 Å². The Balaban J connectivity index is 2.34. The smallest absolute Gasteiger partial charge is 0.451 e. The number of carbonyl (C=O) groups excluding carboxylic acids is 2. The molecule has 0 unspecified atom stereocenters. The predicted molar refractivity (Wildman–Crippen MR) is 62.6 cm³/mol. The van der Waals surface area contributed by atoms with Crippen LogP contribution >= 0.6 is 0 Å². The number of benzene rings is 1. The molecule has 0 aromatic heterocycles. The molecule has 0 bridgehead atoms. The van der Waals surface area contributed by atoms with E-state index in [0.29, 0.717) is 10.7 Å². The van der Waals surface area contributed by atoms with E-state index in [9.17, 15) is 9.59 Å². The zero-order chi connectivity index (χ0) is 13.8. The number of hydrogen-bond donors (Lipinski definition) is 0. The van der Waals surface area contributed by atoms with Crippen LogP contribution < -0.4 is 0 Å². The maximum Gasteiger partial charge on any atom is 0.466 e. The first-order valence-electron chi connectivity index (χ1n) is 5.25. The van der Waals surface area contributed by atoms with Crippen LogP contribution in [0.25, 0.3) is 0 Å². The monoisotopic (exact) mass is 265 g/mol. The van der Waals surface area contributed by atoms with Gasteiger partial charge in [-0.3, -0.25) is 0 Å². The molecule has 2 rings (SSSR count). The summed E-state index contributed by atoms with van der Waals surface area (Å²) in [4.78, 5) is 28.0. The zero-order valence-corrected chi connectivity index (χ0v) is 10.3. The van der Waals surface area contributed by atoms with Crippen LogP contribution in [-0.2, 0) is 14.4 Å². The quantitative estimate of drug-likeness (QED) is 0.765. The van der Waals surface area contributed by atoms with Crippen molar-refractivity contribution in [3.8, 4) is 0 Å². The van der Waals surface area contributed by atoms with Crippen molar-refractivity contribution in [2.75, 3.05) is 14.2 Å². The van der Waals surface area contributed by atoms with Gasteiger partial charge >= 0.3 is 12.2 Å². The second kappa shape index (κ2) is 5.25. The fraction of sp³-hybridized carbons (Fsp3) is 0.182. The van der Waals surface area contributed by atoms with Gasteiger partial charge in [0.2, 0.25) is 5.84 Å². The summed E-state index contributed by atoms with van der Waals surface area (Å²) in [7, 11) is 2.33. The minimum atomic E-state index is -0.903. The highest BCUT2D eigenvalue weighted by Crippen LogP contribution is 2.18. The normalized spacial score (nSPS) is 13.7. The Bertz CT molecular complexity index is 516. The number of hydrogen-bond acceptors (Lipinski definition) is 6. The maximum atomic E-state index is 11.7. The molecule has 0 aliphatic carbocycles. The number of oxime groups is 1. The number of rotatable bonds is 1. The fourth-order valence-corrected chi connectivity index (χ4v) is 1.44. The number of amidine groups is 1. The van der Waals surface area contributed by atoms with Gasteiger partial charge in [0.25, 0.3) is 0 Å². The molecular weight excluding hydrogens is 254 g/mol. The Hall–Kier alpha value is -2.77. The molecule has 2 amide bonds. The van der Waals surface area contributed by atoms with E-state index in [0.717, 1.165) is 12.1 Å². The molecule has 19 heavy (non-hydrogen) atoms. The number of methoxy groups -OCH3 is 2. The van der Waals surface area contributed by atoms with E-state index < -0.39 is 12.2 Å². The molecule has 8 nitrogen and oxygen atoms in total. The number of ether oxygens (including phenoxy) is 2. The molecule has 0 saturated heterocycles. The van der Waals surface area contributed by atoms with Crippen molar-refractivity contribution in [2.45, 2.75) is 0 Å². The van der Waals surface area contributed by atoms with E-state index in [1.54, 1.807) is 30.3 Å². The first kappa shape index (κ1) is 12.7. The van der Waals surface area contributed by atoms with Crippen molar-refractivity contribution in [1.82, 2.24) is 10.2 Å². The van der Waals surface area contributed by atoms with Crippen LogP contribution in [0.1, 0.15) is 5.56 Å². The van der Waals surface area contributed by atoms with Crippen LogP contribution in [0, 0.1) is 0 Å². The van der Waals surface area contributed by atoms with Gasteiger partial charge in [-0.1, -0.05) is 30.3 Å². The molecule has 1 aromatic rings. The highest BCUT2D eigenvalue weighted by molar-refractivity contribution is 6.07. The lowest BCUT2D eigenvalue weighted by molar-refractivity contribution is -0.188. The van der Waals surface area contributed by atoms with Gasteiger partial charge in [-0.25, -0.2) is 14.5 Å². The molecule has 0 radical (unpaired) electrons. The van der Waals surface area contributed by atoms with E-state index in [-0.39, 0.29) is 5.84 Å². The molecule has 8 heteroatoms. The highest BCUT2D eigenvalue weighted by atomic mass is 16.9. The van der Waals surface area contributed by atoms with Crippen LogP contribution in [0.5, 0.6) is 0 Å². The topological polar surface area (TPSA) is 80.7 Å². The molecule has 0 N–H and O–H groups in total. The minimum Gasteiger partial charge on any atom is -0.451 e. The lowest BCUT2D eigenvalue weighted by Crippen LogP contribution is -2.48. The molecule has 0 spiro atoms. The number of nitrogens with zero attached hydrogens (tertiary/aromatic N) is 3. The summed E-state index contributed by atoms with van der Waals surface area (Å²) in [6.07, 6.45) is -1.73. The number of hydrazine groups is 1. The van der Waals surface area contributed by atoms with Crippen LogP contribution in [0.2, 0.25) is 0 Å². The third-order valence-electron chi connectivity index (χ3n) is 2.30. The van der Waals surface area contributed by atoms with E-state index in [4.69, 9.17) is 4.94 Å². The van der Waals surface area contributed by atoms with Gasteiger partial charge in [0.05, 0.1) is 14.2 Å². The summed E-state index contributed by atoms with van der Waals surface area (Å²) in [5.41, 5.74) is 0.583. The molecule has 0 fully saturated rings. The largest absolute Gasteiger partial charge is 0.466 e. The Morgan fingerprint density at radius 3 is 2.32 bits per heavy atom. The Morgan fingerprint density at radius 1 is 1.11 bits per heavy atom. The number of carbonyl (C=O) groups is 2. The summed E-state index contributed by atoms with van der Waals surface area (Å²) in [6, 6.07) is 8.74. The minimum absolute atomic E-state index is 0.123. The Morgan fingerprint density at radius 2 is 1.74 bits per heavy atom. The first-order chi connectivity index (χ1) is 9.19. The van der Waals surface area contributed by atoms with Gasteiger partial charge in [-0.2, -0.15) is 0 Å². The van der Waals surface area contributed by atoms with Gasteiger partial charge in [0.15, 0.2) is 0 Å². The summed E-state index contributed by atoms with van der Waals surface area (Å²) in [6.45, 7) is 0. The average Bonchev–Trinajstić information content (AvgIpc) is 2.91. The van der Waals surface area contributed by atoms with Crippen molar-refractivity contribution >= 4 is 18.0 Å². The second-order valence-electron chi connectivity index (χ2n) is 3.39. The van der Waals surface area contributed by atoms with E-state index in [1.165, 1.54) is 7.11 Å². The average molecular weight is 265 g/mol. The van der Waals surface area contributed by atoms with E-state index in [1.807, 2.05) is 0 Å². The lowest BCUT2D eigenvalue weighted by atomic mass is 10.2. The number of hydroxylamine groups is 1. The molecule has 0 atom stereocenters. The van der Waals surface area contributed by atoms with Crippen LogP contribution in [0.4, 0.5) is 9.59 Å². The fourth-order valence-electron chi connectivity index (χ4n) is 1.44. The van der Waals surface area contributed by atoms with Crippen molar-refractivity contribution in [3.05, 3.63) is 35.9 Å². The third kappa shape index (κ3) is 2.28.